The van der Waals surface area contributed by atoms with E-state index in [2.05, 4.69) is 5.32 Å². The smallest absolute Gasteiger partial charge is 0.264 e. The minimum absolute atomic E-state index is 0.0176. The third kappa shape index (κ3) is 7.80. The average molecular weight is 657 g/mol. The van der Waals surface area contributed by atoms with Crippen molar-refractivity contribution in [2.75, 3.05) is 31.6 Å². The standard InChI is InChI=1S/C29H32Cl3N3O6S/c1-5-25(29(37)33-6-2)34(17-19-7-13-23(31)24(32)15-19)28(36)18-35(21-10-8-20(30)9-11-21)42(38,39)22-12-14-26(40-3)27(16-22)41-4/h7-16,25H,5-6,17-18H2,1-4H3,(H,33,37)/t25-/m0/s1. The predicted octanol–water partition coefficient (Wildman–Crippen LogP) is 5.80. The number of hydrogen-bond acceptors (Lipinski definition) is 6. The van der Waals surface area contributed by atoms with Crippen molar-refractivity contribution in [3.63, 3.8) is 0 Å². The van der Waals surface area contributed by atoms with Crippen LogP contribution in [0.15, 0.2) is 65.6 Å². The van der Waals surface area contributed by atoms with Crippen LogP contribution in [0.25, 0.3) is 0 Å². The summed E-state index contributed by atoms with van der Waals surface area (Å²) in [4.78, 5) is 28.3. The number of ether oxygens (including phenoxy) is 2. The Balaban J connectivity index is 2.10. The zero-order chi connectivity index (χ0) is 31.0. The lowest BCUT2D eigenvalue weighted by molar-refractivity contribution is -0.140. The van der Waals surface area contributed by atoms with Crippen LogP contribution in [0.5, 0.6) is 11.5 Å². The maximum Gasteiger partial charge on any atom is 0.264 e. The van der Waals surface area contributed by atoms with E-state index in [1.807, 2.05) is 0 Å². The van der Waals surface area contributed by atoms with E-state index < -0.39 is 28.5 Å². The molecule has 0 radical (unpaired) electrons. The molecule has 3 rings (SSSR count). The molecular formula is C29H32Cl3N3O6S. The van der Waals surface area contributed by atoms with Crippen molar-refractivity contribution < 1.29 is 27.5 Å². The van der Waals surface area contributed by atoms with E-state index in [-0.39, 0.29) is 40.2 Å². The Morgan fingerprint density at radius 3 is 2.12 bits per heavy atom. The Hall–Kier alpha value is -3.18. The summed E-state index contributed by atoms with van der Waals surface area (Å²) in [5.74, 6) is -0.442. The van der Waals surface area contributed by atoms with Crippen molar-refractivity contribution in [2.45, 2.75) is 37.8 Å². The third-order valence-corrected chi connectivity index (χ3v) is 9.17. The van der Waals surface area contributed by atoms with Crippen LogP contribution in [-0.4, -0.2) is 58.5 Å². The van der Waals surface area contributed by atoms with Gasteiger partial charge in [-0.05, 0) is 67.4 Å². The molecule has 226 valence electrons. The molecule has 2 amide bonds. The van der Waals surface area contributed by atoms with Crippen molar-refractivity contribution in [1.82, 2.24) is 10.2 Å². The Morgan fingerprint density at radius 2 is 1.55 bits per heavy atom. The van der Waals surface area contributed by atoms with Gasteiger partial charge in [-0.1, -0.05) is 47.8 Å². The maximum atomic E-state index is 14.1. The number of rotatable bonds is 13. The Bertz CT molecular complexity index is 1520. The fourth-order valence-corrected chi connectivity index (χ4v) is 6.16. The van der Waals surface area contributed by atoms with Gasteiger partial charge in [-0.3, -0.25) is 13.9 Å². The van der Waals surface area contributed by atoms with Gasteiger partial charge < -0.3 is 19.7 Å². The number of carbonyl (C=O) groups excluding carboxylic acids is 2. The number of sulfonamides is 1. The van der Waals surface area contributed by atoms with E-state index in [4.69, 9.17) is 44.3 Å². The molecule has 0 unspecified atom stereocenters. The van der Waals surface area contributed by atoms with Crippen molar-refractivity contribution in [3.05, 3.63) is 81.3 Å². The molecular weight excluding hydrogens is 625 g/mol. The number of methoxy groups -OCH3 is 2. The number of benzene rings is 3. The second kappa shape index (κ2) is 14.8. The van der Waals surface area contributed by atoms with Gasteiger partial charge in [0.2, 0.25) is 11.8 Å². The summed E-state index contributed by atoms with van der Waals surface area (Å²) in [6.07, 6.45) is 0.280. The van der Waals surface area contributed by atoms with Crippen LogP contribution in [0.4, 0.5) is 5.69 Å². The quantitative estimate of drug-likeness (QED) is 0.249. The summed E-state index contributed by atoms with van der Waals surface area (Å²) < 4.78 is 39.7. The van der Waals surface area contributed by atoms with E-state index in [9.17, 15) is 18.0 Å². The zero-order valence-corrected chi connectivity index (χ0v) is 26.6. The number of likely N-dealkylation sites (N-methyl/N-ethyl adjacent to an activating group) is 1. The summed E-state index contributed by atoms with van der Waals surface area (Å²) in [6, 6.07) is 14.2. The summed E-state index contributed by atoms with van der Waals surface area (Å²) >= 11 is 18.4. The average Bonchev–Trinajstić information content (AvgIpc) is 2.97. The normalized spacial score (nSPS) is 11.9. The van der Waals surface area contributed by atoms with Crippen LogP contribution in [0.3, 0.4) is 0 Å². The van der Waals surface area contributed by atoms with Crippen LogP contribution in [0.2, 0.25) is 15.1 Å². The Morgan fingerprint density at radius 1 is 0.881 bits per heavy atom. The van der Waals surface area contributed by atoms with E-state index in [0.717, 1.165) is 4.31 Å². The highest BCUT2D eigenvalue weighted by atomic mass is 35.5. The first-order chi connectivity index (χ1) is 20.0. The zero-order valence-electron chi connectivity index (χ0n) is 23.6. The molecule has 0 aromatic heterocycles. The first kappa shape index (κ1) is 33.3. The lowest BCUT2D eigenvalue weighted by Crippen LogP contribution is -2.52. The Kier molecular flexibility index (Phi) is 11.8. The highest BCUT2D eigenvalue weighted by Gasteiger charge is 2.34. The molecule has 3 aromatic rings. The predicted molar refractivity (Wildman–Crippen MR) is 165 cm³/mol. The van der Waals surface area contributed by atoms with E-state index in [1.54, 1.807) is 32.0 Å². The van der Waals surface area contributed by atoms with Crippen LogP contribution < -0.4 is 19.1 Å². The van der Waals surface area contributed by atoms with Gasteiger partial charge in [0.1, 0.15) is 12.6 Å². The number of carbonyl (C=O) groups is 2. The fourth-order valence-electron chi connectivity index (χ4n) is 4.29. The lowest BCUT2D eigenvalue weighted by Gasteiger charge is -2.33. The van der Waals surface area contributed by atoms with Gasteiger partial charge >= 0.3 is 0 Å². The molecule has 0 bridgehead atoms. The van der Waals surface area contributed by atoms with Crippen LogP contribution in [-0.2, 0) is 26.2 Å². The van der Waals surface area contributed by atoms with Gasteiger partial charge in [0, 0.05) is 24.2 Å². The molecule has 0 saturated heterocycles. The summed E-state index contributed by atoms with van der Waals surface area (Å²) in [6.45, 7) is 3.26. The van der Waals surface area contributed by atoms with Gasteiger partial charge in [-0.2, -0.15) is 0 Å². The first-order valence-corrected chi connectivity index (χ1v) is 15.6. The molecule has 3 aromatic carbocycles. The highest BCUT2D eigenvalue weighted by molar-refractivity contribution is 7.92. The van der Waals surface area contributed by atoms with Crippen molar-refractivity contribution >= 4 is 62.3 Å². The topological polar surface area (TPSA) is 105 Å². The van der Waals surface area contributed by atoms with Gasteiger partial charge in [0.15, 0.2) is 11.5 Å². The molecule has 0 saturated carbocycles. The van der Waals surface area contributed by atoms with Gasteiger partial charge in [-0.15, -0.1) is 0 Å². The maximum absolute atomic E-state index is 14.1. The van der Waals surface area contributed by atoms with Gasteiger partial charge in [0.05, 0.1) is 34.8 Å². The molecule has 1 N–H and O–H groups in total. The summed E-state index contributed by atoms with van der Waals surface area (Å²) in [5.41, 5.74) is 0.810. The monoisotopic (exact) mass is 655 g/mol. The van der Waals surface area contributed by atoms with Crippen LogP contribution >= 0.6 is 34.8 Å². The number of nitrogens with zero attached hydrogens (tertiary/aromatic N) is 2. The molecule has 0 aliphatic carbocycles. The molecule has 13 heteroatoms. The molecule has 42 heavy (non-hydrogen) atoms. The molecule has 0 aliphatic heterocycles. The minimum Gasteiger partial charge on any atom is -0.493 e. The molecule has 1 atom stereocenters. The van der Waals surface area contributed by atoms with Crippen molar-refractivity contribution in [1.29, 1.82) is 0 Å². The van der Waals surface area contributed by atoms with E-state index >= 15 is 0 Å². The minimum atomic E-state index is -4.33. The molecule has 0 spiro atoms. The number of anilines is 1. The molecule has 0 aliphatic rings. The highest BCUT2D eigenvalue weighted by Crippen LogP contribution is 2.33. The summed E-state index contributed by atoms with van der Waals surface area (Å²) in [7, 11) is -1.51. The van der Waals surface area contributed by atoms with E-state index in [1.165, 1.54) is 61.6 Å². The van der Waals surface area contributed by atoms with Crippen molar-refractivity contribution in [2.24, 2.45) is 0 Å². The SMILES string of the molecule is CCNC(=O)[C@H](CC)N(Cc1ccc(Cl)c(Cl)c1)C(=O)CN(c1ccc(Cl)cc1)S(=O)(=O)c1ccc(OC)c(OC)c1. The third-order valence-electron chi connectivity index (χ3n) is 6.41. The number of hydrogen-bond donors (Lipinski definition) is 1. The Labute approximate surface area is 261 Å². The first-order valence-electron chi connectivity index (χ1n) is 13.0. The van der Waals surface area contributed by atoms with Crippen LogP contribution in [0.1, 0.15) is 25.8 Å². The molecule has 0 heterocycles. The molecule has 0 fully saturated rings. The van der Waals surface area contributed by atoms with Crippen LogP contribution in [0, 0.1) is 0 Å². The second-order valence-corrected chi connectivity index (χ2v) is 12.2. The second-order valence-electron chi connectivity index (χ2n) is 9.09. The lowest BCUT2D eigenvalue weighted by atomic mass is 10.1. The fraction of sp³-hybridized carbons (Fsp3) is 0.310. The number of amides is 2. The number of halogens is 3. The van der Waals surface area contributed by atoms with Crippen molar-refractivity contribution in [3.8, 4) is 11.5 Å². The summed E-state index contributed by atoms with van der Waals surface area (Å²) in [5, 5.41) is 3.76. The van der Waals surface area contributed by atoms with E-state index in [0.29, 0.717) is 27.9 Å². The number of nitrogens with one attached hydrogen (secondary N) is 1. The van der Waals surface area contributed by atoms with Gasteiger partial charge in [-0.25, -0.2) is 8.42 Å². The van der Waals surface area contributed by atoms with Gasteiger partial charge in [0.25, 0.3) is 10.0 Å². The largest absolute Gasteiger partial charge is 0.493 e. The molecule has 9 nitrogen and oxygen atoms in total.